The van der Waals surface area contributed by atoms with Crippen molar-refractivity contribution in [3.8, 4) is 5.75 Å². The van der Waals surface area contributed by atoms with E-state index in [-0.39, 0.29) is 17.9 Å². The highest BCUT2D eigenvalue weighted by Crippen LogP contribution is 2.29. The first-order valence-electron chi connectivity index (χ1n) is 5.87. The molecule has 0 heterocycles. The Morgan fingerprint density at radius 3 is 2.21 bits per heavy atom. The van der Waals surface area contributed by atoms with E-state index in [2.05, 4.69) is 0 Å². The van der Waals surface area contributed by atoms with Gasteiger partial charge in [0.1, 0.15) is 24.0 Å². The van der Waals surface area contributed by atoms with Gasteiger partial charge in [0, 0.05) is 17.7 Å². The summed E-state index contributed by atoms with van der Waals surface area (Å²) in [7, 11) is 0. The molecule has 0 aliphatic heterocycles. The third-order valence-corrected chi connectivity index (χ3v) is 2.92. The van der Waals surface area contributed by atoms with E-state index in [1.54, 1.807) is 0 Å². The molecule has 0 radical (unpaired) electrons. The van der Waals surface area contributed by atoms with E-state index in [1.165, 1.54) is 6.92 Å². The van der Waals surface area contributed by atoms with E-state index < -0.39 is 17.0 Å². The van der Waals surface area contributed by atoms with Crippen molar-refractivity contribution in [1.29, 1.82) is 0 Å². The molecule has 0 N–H and O–H groups in total. The molecule has 2 rings (SSSR count). The van der Waals surface area contributed by atoms with Gasteiger partial charge in [0.25, 0.3) is 0 Å². The number of alkyl halides is 1. The molecule has 0 aliphatic rings. The topological polar surface area (TPSA) is 9.23 Å². The summed E-state index contributed by atoms with van der Waals surface area (Å²) in [5.74, 6) is -1.23. The van der Waals surface area contributed by atoms with E-state index in [0.717, 1.165) is 17.7 Å². The molecule has 0 aromatic heterocycles. The zero-order valence-electron chi connectivity index (χ0n) is 10.4. The minimum atomic E-state index is -0.719. The molecular weight excluding hydrogens is 270 g/mol. The second kappa shape index (κ2) is 6.02. The van der Waals surface area contributed by atoms with E-state index in [1.807, 2.05) is 30.3 Å². The van der Waals surface area contributed by atoms with Crippen LogP contribution >= 0.6 is 11.6 Å². The van der Waals surface area contributed by atoms with Crippen LogP contribution in [0, 0.1) is 11.6 Å². The lowest BCUT2D eigenvalue weighted by molar-refractivity contribution is 0.302. The minimum absolute atomic E-state index is 0.131. The molecule has 19 heavy (non-hydrogen) atoms. The van der Waals surface area contributed by atoms with Crippen molar-refractivity contribution in [2.24, 2.45) is 0 Å². The summed E-state index contributed by atoms with van der Waals surface area (Å²) >= 11 is 5.72. The monoisotopic (exact) mass is 282 g/mol. The molecule has 1 nitrogen and oxygen atoms in total. The summed E-state index contributed by atoms with van der Waals surface area (Å²) < 4.78 is 32.7. The summed E-state index contributed by atoms with van der Waals surface area (Å²) in [6.45, 7) is 1.78. The van der Waals surface area contributed by atoms with Crippen LogP contribution in [0.4, 0.5) is 8.78 Å². The van der Waals surface area contributed by atoms with Gasteiger partial charge in [-0.2, -0.15) is 0 Å². The molecule has 0 spiro atoms. The van der Waals surface area contributed by atoms with Crippen molar-refractivity contribution in [2.75, 3.05) is 0 Å². The van der Waals surface area contributed by atoms with Crippen LogP contribution in [0.2, 0.25) is 0 Å². The fourth-order valence-electron chi connectivity index (χ4n) is 1.77. The molecule has 0 aliphatic carbocycles. The first-order chi connectivity index (χ1) is 9.08. The third kappa shape index (κ3) is 3.44. The largest absolute Gasteiger partial charge is 0.489 e. The number of hydrogen-bond acceptors (Lipinski definition) is 1. The highest BCUT2D eigenvalue weighted by molar-refractivity contribution is 6.20. The average molecular weight is 283 g/mol. The zero-order valence-corrected chi connectivity index (χ0v) is 11.1. The zero-order chi connectivity index (χ0) is 13.8. The Labute approximate surface area is 115 Å². The molecule has 100 valence electrons. The van der Waals surface area contributed by atoms with Crippen LogP contribution in [-0.4, -0.2) is 0 Å². The van der Waals surface area contributed by atoms with Crippen LogP contribution in [0.15, 0.2) is 42.5 Å². The second-order valence-corrected chi connectivity index (χ2v) is 4.85. The standard InChI is InChI=1S/C15H13ClF2O/c1-10(16)15-13(17)7-12(8-14(15)18)19-9-11-5-3-2-4-6-11/h2-8,10H,9H2,1H3. The molecule has 4 heteroatoms. The number of hydrogen-bond donors (Lipinski definition) is 0. The average Bonchev–Trinajstić information content (AvgIpc) is 2.36. The van der Waals surface area contributed by atoms with Crippen molar-refractivity contribution in [1.82, 2.24) is 0 Å². The van der Waals surface area contributed by atoms with Crippen LogP contribution in [0.25, 0.3) is 0 Å². The van der Waals surface area contributed by atoms with E-state index in [0.29, 0.717) is 0 Å². The maximum absolute atomic E-state index is 13.7. The molecule has 1 unspecified atom stereocenters. The van der Waals surface area contributed by atoms with Crippen molar-refractivity contribution < 1.29 is 13.5 Å². The third-order valence-electron chi connectivity index (χ3n) is 2.70. The Bertz CT molecular complexity index is 532. The molecule has 0 bridgehead atoms. The Kier molecular flexibility index (Phi) is 4.38. The lowest BCUT2D eigenvalue weighted by atomic mass is 10.1. The predicted molar refractivity (Wildman–Crippen MR) is 71.4 cm³/mol. The molecule has 2 aromatic carbocycles. The Balaban J connectivity index is 2.14. The lowest BCUT2D eigenvalue weighted by Crippen LogP contribution is -2.00. The maximum atomic E-state index is 13.7. The van der Waals surface area contributed by atoms with Gasteiger partial charge in [0.05, 0.1) is 5.38 Å². The lowest BCUT2D eigenvalue weighted by Gasteiger charge is -2.11. The van der Waals surface area contributed by atoms with Gasteiger partial charge in [-0.25, -0.2) is 8.78 Å². The van der Waals surface area contributed by atoms with E-state index in [4.69, 9.17) is 16.3 Å². The van der Waals surface area contributed by atoms with Crippen LogP contribution in [0.5, 0.6) is 5.75 Å². The quantitative estimate of drug-likeness (QED) is 0.729. The Morgan fingerprint density at radius 1 is 1.11 bits per heavy atom. The fraction of sp³-hybridized carbons (Fsp3) is 0.200. The maximum Gasteiger partial charge on any atom is 0.134 e. The highest BCUT2D eigenvalue weighted by Gasteiger charge is 2.16. The Morgan fingerprint density at radius 2 is 1.68 bits per heavy atom. The number of halogens is 3. The SMILES string of the molecule is CC(Cl)c1c(F)cc(OCc2ccccc2)cc1F. The number of rotatable bonds is 4. The van der Waals surface area contributed by atoms with E-state index >= 15 is 0 Å². The Hall–Kier alpha value is -1.61. The normalized spacial score (nSPS) is 12.2. The summed E-state index contributed by atoms with van der Waals surface area (Å²) in [4.78, 5) is 0. The smallest absolute Gasteiger partial charge is 0.134 e. The molecule has 0 saturated carbocycles. The van der Waals surface area contributed by atoms with Gasteiger partial charge < -0.3 is 4.74 Å². The summed E-state index contributed by atoms with van der Waals surface area (Å²) in [6.07, 6.45) is 0. The number of benzene rings is 2. The molecule has 2 aromatic rings. The fourth-order valence-corrected chi connectivity index (χ4v) is 1.97. The molecule has 0 saturated heterocycles. The van der Waals surface area contributed by atoms with Crippen molar-refractivity contribution >= 4 is 11.6 Å². The first kappa shape index (κ1) is 13.8. The van der Waals surface area contributed by atoms with Gasteiger partial charge in [-0.15, -0.1) is 11.6 Å². The van der Waals surface area contributed by atoms with Crippen LogP contribution in [0.3, 0.4) is 0 Å². The van der Waals surface area contributed by atoms with Crippen molar-refractivity contribution in [2.45, 2.75) is 18.9 Å². The van der Waals surface area contributed by atoms with Gasteiger partial charge in [-0.05, 0) is 12.5 Å². The summed E-state index contributed by atoms with van der Waals surface area (Å²) in [6, 6.07) is 11.7. The van der Waals surface area contributed by atoms with Crippen molar-refractivity contribution in [3.63, 3.8) is 0 Å². The van der Waals surface area contributed by atoms with Gasteiger partial charge in [0.2, 0.25) is 0 Å². The highest BCUT2D eigenvalue weighted by atomic mass is 35.5. The molecule has 1 atom stereocenters. The molecule has 0 fully saturated rings. The first-order valence-corrected chi connectivity index (χ1v) is 6.31. The summed E-state index contributed by atoms with van der Waals surface area (Å²) in [5.41, 5.74) is 0.798. The van der Waals surface area contributed by atoms with Crippen LogP contribution in [0.1, 0.15) is 23.4 Å². The van der Waals surface area contributed by atoms with Crippen molar-refractivity contribution in [3.05, 3.63) is 65.2 Å². The molecule has 0 amide bonds. The molecular formula is C15H13ClF2O. The van der Waals surface area contributed by atoms with Crippen LogP contribution in [-0.2, 0) is 6.61 Å². The van der Waals surface area contributed by atoms with Crippen LogP contribution < -0.4 is 4.74 Å². The minimum Gasteiger partial charge on any atom is -0.489 e. The second-order valence-electron chi connectivity index (χ2n) is 4.19. The van der Waals surface area contributed by atoms with Gasteiger partial charge in [-0.1, -0.05) is 30.3 Å². The van der Waals surface area contributed by atoms with Gasteiger partial charge in [-0.3, -0.25) is 0 Å². The van der Waals surface area contributed by atoms with E-state index in [9.17, 15) is 8.78 Å². The van der Waals surface area contributed by atoms with Gasteiger partial charge in [0.15, 0.2) is 0 Å². The predicted octanol–water partition coefficient (Wildman–Crippen LogP) is 4.84. The van der Waals surface area contributed by atoms with Gasteiger partial charge >= 0.3 is 0 Å². The number of ether oxygens (including phenoxy) is 1. The summed E-state index contributed by atoms with van der Waals surface area (Å²) in [5, 5.41) is -0.719.